The molecule has 1 unspecified atom stereocenters. The van der Waals surface area contributed by atoms with Gasteiger partial charge in [0.15, 0.2) is 0 Å². The predicted molar refractivity (Wildman–Crippen MR) is 66.2 cm³/mol. The number of aliphatic hydroxyl groups is 1. The molecule has 0 radical (unpaired) electrons. The first-order chi connectivity index (χ1) is 9.25. The number of hydrogen-bond acceptors (Lipinski definition) is 1. The Morgan fingerprint density at radius 3 is 2.65 bits per heavy atom. The van der Waals surface area contributed by atoms with Gasteiger partial charge in [-0.3, -0.25) is 0 Å². The molecule has 108 valence electrons. The number of aryl methyl sites for hydroxylation is 1. The number of hydrogen-bond donors (Lipinski definition) is 2. The fourth-order valence-electron chi connectivity index (χ4n) is 2.82. The van der Waals surface area contributed by atoms with Crippen molar-refractivity contribution in [3.8, 4) is 0 Å². The van der Waals surface area contributed by atoms with Gasteiger partial charge in [-0.2, -0.15) is 13.2 Å². The number of alkyl halides is 3. The lowest BCUT2D eigenvalue weighted by Crippen LogP contribution is -2.45. The zero-order valence-corrected chi connectivity index (χ0v) is 10.9. The van der Waals surface area contributed by atoms with E-state index in [9.17, 15) is 22.7 Å². The predicted octanol–water partition coefficient (Wildman–Crippen LogP) is 4.05. The van der Waals surface area contributed by atoms with Crippen molar-refractivity contribution in [2.24, 2.45) is 0 Å². The molecule has 1 atom stereocenters. The van der Waals surface area contributed by atoms with Gasteiger partial charge in [0.25, 0.3) is 0 Å². The number of benzene rings is 1. The van der Waals surface area contributed by atoms with E-state index >= 15 is 0 Å². The number of rotatable bonds is 0. The van der Waals surface area contributed by atoms with Crippen LogP contribution in [0.1, 0.15) is 24.1 Å². The Morgan fingerprint density at radius 2 is 2.00 bits per heavy atom. The highest BCUT2D eigenvalue weighted by molar-refractivity contribution is 6.36. The van der Waals surface area contributed by atoms with Gasteiger partial charge >= 0.3 is 6.18 Å². The Morgan fingerprint density at radius 1 is 1.30 bits per heavy atom. The molecule has 3 rings (SSSR count). The first kappa shape index (κ1) is 13.7. The van der Waals surface area contributed by atoms with E-state index in [1.54, 1.807) is 0 Å². The summed E-state index contributed by atoms with van der Waals surface area (Å²) in [6.45, 7) is 0. The number of halogens is 5. The normalized spacial score (nSPS) is 23.1. The summed E-state index contributed by atoms with van der Waals surface area (Å²) in [5.41, 5.74) is -2.71. The topological polar surface area (TPSA) is 36.0 Å². The van der Waals surface area contributed by atoms with Crippen LogP contribution in [-0.2, 0) is 12.0 Å². The molecule has 1 aromatic carbocycles. The average Bonchev–Trinajstić information content (AvgIpc) is 2.73. The van der Waals surface area contributed by atoms with Gasteiger partial charge in [-0.1, -0.05) is 11.6 Å². The molecule has 0 aliphatic heterocycles. The van der Waals surface area contributed by atoms with E-state index in [1.807, 2.05) is 0 Å². The summed E-state index contributed by atoms with van der Waals surface area (Å²) in [5.74, 6) is -0.693. The highest BCUT2D eigenvalue weighted by atomic mass is 35.5. The zero-order chi connectivity index (χ0) is 14.7. The molecular weight excluding hydrogens is 298 g/mol. The molecule has 7 heteroatoms. The summed E-state index contributed by atoms with van der Waals surface area (Å²) in [4.78, 5) is 2.56. The van der Waals surface area contributed by atoms with Gasteiger partial charge in [-0.25, -0.2) is 4.39 Å². The van der Waals surface area contributed by atoms with E-state index in [0.29, 0.717) is 11.9 Å². The van der Waals surface area contributed by atoms with Gasteiger partial charge in [0, 0.05) is 10.9 Å². The van der Waals surface area contributed by atoms with Crippen molar-refractivity contribution in [1.82, 2.24) is 4.98 Å². The maximum Gasteiger partial charge on any atom is 0.422 e. The fourth-order valence-corrected chi connectivity index (χ4v) is 3.10. The molecule has 0 fully saturated rings. The second-order valence-electron chi connectivity index (χ2n) is 4.97. The molecule has 1 heterocycles. The number of aromatic amines is 1. The molecule has 0 amide bonds. The van der Waals surface area contributed by atoms with Crippen LogP contribution in [0.3, 0.4) is 0 Å². The minimum Gasteiger partial charge on any atom is -0.375 e. The van der Waals surface area contributed by atoms with Crippen molar-refractivity contribution in [2.45, 2.75) is 31.0 Å². The molecule has 0 saturated heterocycles. The van der Waals surface area contributed by atoms with Crippen LogP contribution in [0, 0.1) is 5.82 Å². The summed E-state index contributed by atoms with van der Waals surface area (Å²) in [5, 5.41) is 10.0. The molecule has 0 bridgehead atoms. The monoisotopic (exact) mass is 307 g/mol. The third-order valence-electron chi connectivity index (χ3n) is 3.81. The number of nitrogens with one attached hydrogen (secondary N) is 1. The summed E-state index contributed by atoms with van der Waals surface area (Å²) in [6.07, 6.45) is -4.75. The largest absolute Gasteiger partial charge is 0.422 e. The van der Waals surface area contributed by atoms with Crippen LogP contribution < -0.4 is 0 Å². The molecular formula is C13H10ClF4NO. The van der Waals surface area contributed by atoms with E-state index in [-0.39, 0.29) is 28.1 Å². The minimum atomic E-state index is -4.80. The van der Waals surface area contributed by atoms with Crippen molar-refractivity contribution < 1.29 is 22.7 Å². The Hall–Kier alpha value is -1.27. The Labute approximate surface area is 116 Å². The summed E-state index contributed by atoms with van der Waals surface area (Å²) >= 11 is 5.85. The van der Waals surface area contributed by atoms with Crippen molar-refractivity contribution in [3.05, 3.63) is 34.2 Å². The molecule has 1 aromatic heterocycles. The molecule has 2 aromatic rings. The van der Waals surface area contributed by atoms with Crippen LogP contribution in [-0.4, -0.2) is 16.3 Å². The molecule has 2 nitrogen and oxygen atoms in total. The van der Waals surface area contributed by atoms with E-state index < -0.39 is 24.0 Å². The lowest BCUT2D eigenvalue weighted by molar-refractivity contribution is -0.272. The van der Waals surface area contributed by atoms with Crippen molar-refractivity contribution >= 4 is 22.5 Å². The highest BCUT2D eigenvalue weighted by Crippen LogP contribution is 2.49. The second-order valence-corrected chi connectivity index (χ2v) is 5.35. The van der Waals surface area contributed by atoms with Gasteiger partial charge in [0.05, 0.1) is 10.7 Å². The van der Waals surface area contributed by atoms with Crippen molar-refractivity contribution in [1.29, 1.82) is 0 Å². The fraction of sp³-hybridized carbons (Fsp3) is 0.385. The maximum atomic E-state index is 13.5. The Kier molecular flexibility index (Phi) is 2.82. The van der Waals surface area contributed by atoms with Crippen LogP contribution >= 0.6 is 11.6 Å². The summed E-state index contributed by atoms with van der Waals surface area (Å²) < 4.78 is 52.9. The number of fused-ring (bicyclic) bond motifs is 3. The highest BCUT2D eigenvalue weighted by Gasteiger charge is 2.57. The zero-order valence-electron chi connectivity index (χ0n) is 10.1. The lowest BCUT2D eigenvalue weighted by Gasteiger charge is -2.34. The number of H-pyrrole nitrogens is 1. The maximum absolute atomic E-state index is 13.5. The first-order valence-corrected chi connectivity index (χ1v) is 6.41. The molecule has 1 aliphatic carbocycles. The smallest absolute Gasteiger partial charge is 0.375 e. The van der Waals surface area contributed by atoms with Crippen LogP contribution in [0.25, 0.3) is 10.9 Å². The van der Waals surface area contributed by atoms with Gasteiger partial charge in [-0.15, -0.1) is 0 Å². The molecule has 20 heavy (non-hydrogen) atoms. The Bertz CT molecular complexity index is 694. The van der Waals surface area contributed by atoms with Crippen molar-refractivity contribution in [2.75, 3.05) is 0 Å². The van der Waals surface area contributed by atoms with Crippen LogP contribution in [0.2, 0.25) is 5.02 Å². The van der Waals surface area contributed by atoms with Gasteiger partial charge < -0.3 is 10.1 Å². The molecule has 0 saturated carbocycles. The quantitative estimate of drug-likeness (QED) is 0.708. The van der Waals surface area contributed by atoms with Crippen LogP contribution in [0.5, 0.6) is 0 Å². The number of aromatic nitrogens is 1. The van der Waals surface area contributed by atoms with E-state index in [4.69, 9.17) is 11.6 Å². The minimum absolute atomic E-state index is 0.156. The molecule has 2 N–H and O–H groups in total. The molecule has 1 aliphatic rings. The van der Waals surface area contributed by atoms with Crippen LogP contribution in [0.15, 0.2) is 12.1 Å². The van der Waals surface area contributed by atoms with E-state index in [1.165, 1.54) is 6.07 Å². The second kappa shape index (κ2) is 4.11. The third-order valence-corrected chi connectivity index (χ3v) is 4.18. The third kappa shape index (κ3) is 1.67. The average molecular weight is 308 g/mol. The van der Waals surface area contributed by atoms with Gasteiger partial charge in [0.2, 0.25) is 5.60 Å². The van der Waals surface area contributed by atoms with E-state index in [2.05, 4.69) is 4.98 Å². The van der Waals surface area contributed by atoms with Crippen LogP contribution in [0.4, 0.5) is 17.6 Å². The van der Waals surface area contributed by atoms with Crippen molar-refractivity contribution in [3.63, 3.8) is 0 Å². The lowest BCUT2D eigenvalue weighted by atomic mass is 9.82. The van der Waals surface area contributed by atoms with Gasteiger partial charge in [0.1, 0.15) is 5.82 Å². The summed E-state index contributed by atoms with van der Waals surface area (Å²) in [6, 6.07) is 2.41. The molecule has 0 spiro atoms. The SMILES string of the molecule is OC1(C(F)(F)F)CCCc2c1[nH]c1ccc(F)c(Cl)c21. The first-order valence-electron chi connectivity index (χ1n) is 6.04. The summed E-state index contributed by atoms with van der Waals surface area (Å²) in [7, 11) is 0. The van der Waals surface area contributed by atoms with Gasteiger partial charge in [-0.05, 0) is 37.0 Å². The Balaban J connectivity index is 2.35. The van der Waals surface area contributed by atoms with E-state index in [0.717, 1.165) is 6.07 Å². The standard InChI is InChI=1S/C13H10ClF4NO/c14-10-7(15)3-4-8-9(10)6-2-1-5-12(20,11(6)19-8)13(16,17)18/h3-4,19-20H,1-2,5H2.